The molecular formula is C16H36Br2P2. The third-order valence-corrected chi connectivity index (χ3v) is 6.71. The van der Waals surface area contributed by atoms with Crippen LogP contribution in [0.3, 0.4) is 0 Å². The minimum absolute atomic E-state index is 0.982. The molecule has 0 saturated heterocycles. The molecule has 0 spiro atoms. The molecule has 0 heterocycles. The highest BCUT2D eigenvalue weighted by molar-refractivity contribution is 9.37. The van der Waals surface area contributed by atoms with Crippen LogP contribution in [0.5, 0.6) is 0 Å². The van der Waals surface area contributed by atoms with E-state index in [1.54, 1.807) is 0 Å². The first-order valence-electron chi connectivity index (χ1n) is 8.50. The summed E-state index contributed by atoms with van der Waals surface area (Å²) < 4.78 is 0. The van der Waals surface area contributed by atoms with E-state index in [1.165, 1.54) is 89.4 Å². The largest absolute Gasteiger partial charge is 0.0654 e. The molecule has 2 atom stereocenters. The van der Waals surface area contributed by atoms with E-state index in [2.05, 4.69) is 44.8 Å². The van der Waals surface area contributed by atoms with Gasteiger partial charge < -0.3 is 0 Å². The second-order valence-corrected chi connectivity index (χ2v) is 10.2. The maximum Gasteiger partial charge on any atom is -0.0255 e. The number of rotatable bonds is 14. The van der Waals surface area contributed by atoms with Crippen LogP contribution < -0.4 is 0 Å². The van der Waals surface area contributed by atoms with Crippen molar-refractivity contribution in [2.75, 3.05) is 12.3 Å². The van der Waals surface area contributed by atoms with Gasteiger partial charge in [-0.3, -0.25) is 0 Å². The van der Waals surface area contributed by atoms with E-state index in [0.29, 0.717) is 0 Å². The predicted molar refractivity (Wildman–Crippen MR) is 111 cm³/mol. The fraction of sp³-hybridized carbons (Fsp3) is 1.00. The third-order valence-electron chi connectivity index (χ3n) is 3.25. The van der Waals surface area contributed by atoms with Crippen molar-refractivity contribution in [3.63, 3.8) is 0 Å². The highest BCUT2D eigenvalue weighted by atomic mass is 79.9. The molecule has 0 aliphatic carbocycles. The molecule has 0 radical (unpaired) electrons. The molecule has 0 nitrogen and oxygen atoms in total. The van der Waals surface area contributed by atoms with Crippen LogP contribution in [0.15, 0.2) is 0 Å². The molecule has 0 amide bonds. The minimum Gasteiger partial charge on any atom is -0.0654 e. The lowest BCUT2D eigenvalue weighted by atomic mass is 10.1. The maximum absolute atomic E-state index is 3.46. The monoisotopic (exact) mass is 448 g/mol. The minimum atomic E-state index is 0.982. The van der Waals surface area contributed by atoms with Gasteiger partial charge in [0, 0.05) is 0 Å². The molecule has 2 unspecified atom stereocenters. The Hall–Kier alpha value is 1.82. The van der Waals surface area contributed by atoms with Crippen molar-refractivity contribution in [1.82, 2.24) is 0 Å². The van der Waals surface area contributed by atoms with Gasteiger partial charge in [0.15, 0.2) is 0 Å². The van der Waals surface area contributed by atoms with Gasteiger partial charge in [-0.2, -0.15) is 0 Å². The Labute approximate surface area is 148 Å². The van der Waals surface area contributed by atoms with Gasteiger partial charge in [-0.15, -0.1) is 0 Å². The lowest BCUT2D eigenvalue weighted by Gasteiger charge is -1.97. The molecule has 0 bridgehead atoms. The fourth-order valence-corrected chi connectivity index (χ4v) is 4.39. The summed E-state index contributed by atoms with van der Waals surface area (Å²) in [5, 5.41) is 0. The molecule has 0 aliphatic rings. The van der Waals surface area contributed by atoms with Crippen LogP contribution in [0.4, 0.5) is 0 Å². The smallest absolute Gasteiger partial charge is 0.0255 e. The summed E-state index contributed by atoms with van der Waals surface area (Å²) >= 11 is 6.92. The van der Waals surface area contributed by atoms with Gasteiger partial charge in [0.1, 0.15) is 0 Å². The summed E-state index contributed by atoms with van der Waals surface area (Å²) in [5.41, 5.74) is 0. The molecule has 0 aromatic rings. The normalized spacial score (nSPS) is 11.4. The quantitative estimate of drug-likeness (QED) is 0.184. The first kappa shape index (κ1) is 24.1. The molecule has 0 N–H and O–H groups in total. The van der Waals surface area contributed by atoms with Crippen LogP contribution in [-0.2, 0) is 0 Å². The Bertz CT molecular complexity index is 114. The Balaban J connectivity index is 0. The molecule has 124 valence electrons. The van der Waals surface area contributed by atoms with Gasteiger partial charge in [-0.05, 0) is 25.2 Å². The zero-order chi connectivity index (χ0) is 15.3. The topological polar surface area (TPSA) is 0 Å². The van der Waals surface area contributed by atoms with Gasteiger partial charge in [0.25, 0.3) is 0 Å². The second-order valence-electron chi connectivity index (χ2n) is 5.30. The van der Waals surface area contributed by atoms with Crippen LogP contribution in [0.25, 0.3) is 0 Å². The first-order valence-corrected chi connectivity index (χ1v) is 15.4. The zero-order valence-corrected chi connectivity index (χ0v) is 18.8. The van der Waals surface area contributed by atoms with Gasteiger partial charge in [0.2, 0.25) is 0 Å². The zero-order valence-electron chi connectivity index (χ0n) is 13.7. The number of hydrogen-bond acceptors (Lipinski definition) is 0. The van der Waals surface area contributed by atoms with Gasteiger partial charge >= 0.3 is 0 Å². The standard InChI is InChI=1S/2C8H18BrP/c2*1-2-3-4-5-6-7-8-10-9/h2*10H,2-8H2,1H3. The average molecular weight is 450 g/mol. The lowest BCUT2D eigenvalue weighted by molar-refractivity contribution is 0.627. The fourth-order valence-electron chi connectivity index (χ4n) is 1.94. The van der Waals surface area contributed by atoms with Gasteiger partial charge in [-0.1, -0.05) is 124 Å². The Morgan fingerprint density at radius 1 is 0.500 bits per heavy atom. The van der Waals surface area contributed by atoms with Crippen molar-refractivity contribution >= 4 is 45.5 Å². The molecular weight excluding hydrogens is 414 g/mol. The van der Waals surface area contributed by atoms with E-state index in [0.717, 1.165) is 14.6 Å². The van der Waals surface area contributed by atoms with E-state index < -0.39 is 0 Å². The summed E-state index contributed by atoms with van der Waals surface area (Å²) in [6.07, 6.45) is 19.9. The summed E-state index contributed by atoms with van der Waals surface area (Å²) in [4.78, 5) is 0. The SMILES string of the molecule is CCCCCCCCPBr.CCCCCCCCPBr. The van der Waals surface area contributed by atoms with Crippen LogP contribution in [0, 0.1) is 0 Å². The van der Waals surface area contributed by atoms with E-state index in [-0.39, 0.29) is 0 Å². The first-order chi connectivity index (χ1) is 9.83. The second kappa shape index (κ2) is 25.8. The van der Waals surface area contributed by atoms with Crippen LogP contribution in [0.1, 0.15) is 90.9 Å². The van der Waals surface area contributed by atoms with E-state index in [9.17, 15) is 0 Å². The molecule has 4 heteroatoms. The van der Waals surface area contributed by atoms with Crippen molar-refractivity contribution in [2.24, 2.45) is 0 Å². The van der Waals surface area contributed by atoms with Crippen molar-refractivity contribution in [3.8, 4) is 0 Å². The molecule has 20 heavy (non-hydrogen) atoms. The van der Waals surface area contributed by atoms with Crippen molar-refractivity contribution in [3.05, 3.63) is 0 Å². The number of halogens is 2. The van der Waals surface area contributed by atoms with Crippen molar-refractivity contribution in [2.45, 2.75) is 90.9 Å². The van der Waals surface area contributed by atoms with Crippen LogP contribution in [-0.4, -0.2) is 12.3 Å². The van der Waals surface area contributed by atoms with Gasteiger partial charge in [-0.25, -0.2) is 0 Å². The van der Waals surface area contributed by atoms with E-state index in [4.69, 9.17) is 0 Å². The average Bonchev–Trinajstić information content (AvgIpc) is 2.47. The molecule has 0 rings (SSSR count). The Morgan fingerprint density at radius 2 is 0.800 bits per heavy atom. The molecule has 0 aliphatic heterocycles. The van der Waals surface area contributed by atoms with Crippen LogP contribution in [0.2, 0.25) is 0 Å². The van der Waals surface area contributed by atoms with Crippen molar-refractivity contribution in [1.29, 1.82) is 0 Å². The van der Waals surface area contributed by atoms with E-state index >= 15 is 0 Å². The maximum atomic E-state index is 3.46. The third kappa shape index (κ3) is 28.0. The van der Waals surface area contributed by atoms with E-state index in [1.807, 2.05) is 0 Å². The Kier molecular flexibility index (Phi) is 31.0. The highest BCUT2D eigenvalue weighted by Crippen LogP contribution is 2.22. The summed E-state index contributed by atoms with van der Waals surface area (Å²) in [5.74, 6) is 0. The summed E-state index contributed by atoms with van der Waals surface area (Å²) in [6.45, 7) is 4.53. The predicted octanol–water partition coefficient (Wildman–Crippen LogP) is 8.67. The summed E-state index contributed by atoms with van der Waals surface area (Å²) in [7, 11) is 1.96. The Morgan fingerprint density at radius 3 is 1.10 bits per heavy atom. The molecule has 0 aromatic carbocycles. The summed E-state index contributed by atoms with van der Waals surface area (Å²) in [6, 6.07) is 0. The van der Waals surface area contributed by atoms with Crippen LogP contribution >= 0.6 is 45.5 Å². The number of hydrogen-bond donors (Lipinski definition) is 0. The van der Waals surface area contributed by atoms with Crippen molar-refractivity contribution < 1.29 is 0 Å². The molecule has 0 saturated carbocycles. The molecule has 0 aromatic heterocycles. The highest BCUT2D eigenvalue weighted by Gasteiger charge is 1.88. The number of unbranched alkanes of at least 4 members (excludes halogenated alkanes) is 10. The molecule has 0 fully saturated rings. The lowest BCUT2D eigenvalue weighted by Crippen LogP contribution is -1.78. The van der Waals surface area contributed by atoms with Gasteiger partial charge in [0.05, 0.1) is 0 Å².